The Morgan fingerprint density at radius 2 is 1.96 bits per heavy atom. The van der Waals surface area contributed by atoms with E-state index < -0.39 is 0 Å². The van der Waals surface area contributed by atoms with Crippen molar-refractivity contribution in [2.75, 3.05) is 19.8 Å². The summed E-state index contributed by atoms with van der Waals surface area (Å²) in [5, 5.41) is 12.7. The van der Waals surface area contributed by atoms with Gasteiger partial charge in [-0.1, -0.05) is 25.5 Å². The van der Waals surface area contributed by atoms with Crippen LogP contribution in [0.1, 0.15) is 37.4 Å². The van der Waals surface area contributed by atoms with E-state index >= 15 is 0 Å². The number of nitriles is 1. The van der Waals surface area contributed by atoms with Gasteiger partial charge in [-0.3, -0.25) is 0 Å². The molecule has 1 N–H and O–H groups in total. The second-order valence-corrected chi connectivity index (χ2v) is 5.49. The molecule has 0 unspecified atom stereocenters. The first-order chi connectivity index (χ1) is 11.4. The zero-order chi connectivity index (χ0) is 16.3. The van der Waals surface area contributed by atoms with Gasteiger partial charge in [0.1, 0.15) is 6.07 Å². The second-order valence-electron chi connectivity index (χ2n) is 5.49. The Bertz CT molecular complexity index is 628. The minimum absolute atomic E-state index is 0.689. The molecule has 0 spiro atoms. The fraction of sp³-hybridized carbons (Fsp3) is 0.421. The second kappa shape index (κ2) is 9.83. The molecule has 0 bridgehead atoms. The molecule has 23 heavy (non-hydrogen) atoms. The van der Waals surface area contributed by atoms with Crippen molar-refractivity contribution in [1.82, 2.24) is 9.88 Å². The van der Waals surface area contributed by atoms with E-state index in [9.17, 15) is 5.26 Å². The molecule has 0 aliphatic carbocycles. The summed E-state index contributed by atoms with van der Waals surface area (Å²) >= 11 is 0. The van der Waals surface area contributed by atoms with E-state index in [4.69, 9.17) is 4.74 Å². The van der Waals surface area contributed by atoms with Gasteiger partial charge in [0, 0.05) is 31.6 Å². The fourth-order valence-corrected chi connectivity index (χ4v) is 2.44. The zero-order valence-electron chi connectivity index (χ0n) is 13.8. The van der Waals surface area contributed by atoms with E-state index in [1.165, 1.54) is 6.42 Å². The predicted octanol–water partition coefficient (Wildman–Crippen LogP) is 3.65. The van der Waals surface area contributed by atoms with Crippen molar-refractivity contribution < 1.29 is 4.74 Å². The molecule has 1 aromatic heterocycles. The Hall–Kier alpha value is -2.09. The van der Waals surface area contributed by atoms with Gasteiger partial charge < -0.3 is 14.6 Å². The molecule has 2 aromatic rings. The maximum absolute atomic E-state index is 9.25. The molecule has 0 aliphatic heterocycles. The van der Waals surface area contributed by atoms with Gasteiger partial charge in [0.25, 0.3) is 0 Å². The lowest BCUT2D eigenvalue weighted by molar-refractivity contribution is 0.128. The highest BCUT2D eigenvalue weighted by molar-refractivity contribution is 5.49. The SMILES string of the molecule is CCCCOCCCNCc1cccn1-c1ccccc1C#N. The first-order valence-corrected chi connectivity index (χ1v) is 8.31. The van der Waals surface area contributed by atoms with Gasteiger partial charge in [-0.25, -0.2) is 0 Å². The molecule has 4 heteroatoms. The lowest BCUT2D eigenvalue weighted by Gasteiger charge is -2.11. The van der Waals surface area contributed by atoms with Crippen LogP contribution in [0, 0.1) is 11.3 Å². The molecule has 0 saturated heterocycles. The van der Waals surface area contributed by atoms with Crippen LogP contribution >= 0.6 is 0 Å². The molecule has 0 fully saturated rings. The number of benzene rings is 1. The van der Waals surface area contributed by atoms with Crippen molar-refractivity contribution in [2.45, 2.75) is 32.7 Å². The first-order valence-electron chi connectivity index (χ1n) is 8.31. The molecule has 122 valence electrons. The number of hydrogen-bond acceptors (Lipinski definition) is 3. The van der Waals surface area contributed by atoms with Crippen LogP contribution in [0.25, 0.3) is 5.69 Å². The van der Waals surface area contributed by atoms with Crippen molar-refractivity contribution in [2.24, 2.45) is 0 Å². The molecule has 1 heterocycles. The summed E-state index contributed by atoms with van der Waals surface area (Å²) in [4.78, 5) is 0. The van der Waals surface area contributed by atoms with Crippen LogP contribution in [0.5, 0.6) is 0 Å². The van der Waals surface area contributed by atoms with Crippen LogP contribution in [0.2, 0.25) is 0 Å². The molecule has 0 aliphatic rings. The van der Waals surface area contributed by atoms with E-state index in [0.717, 1.165) is 50.5 Å². The fourth-order valence-electron chi connectivity index (χ4n) is 2.44. The Balaban J connectivity index is 1.82. The van der Waals surface area contributed by atoms with E-state index in [1.54, 1.807) is 0 Å². The third kappa shape index (κ3) is 5.24. The third-order valence-electron chi connectivity index (χ3n) is 3.71. The molecule has 2 rings (SSSR count). The Labute approximate surface area is 138 Å². The minimum atomic E-state index is 0.689. The van der Waals surface area contributed by atoms with Crippen LogP contribution in [0.3, 0.4) is 0 Å². The first kappa shape index (κ1) is 17.3. The van der Waals surface area contributed by atoms with Gasteiger partial charge in [-0.05, 0) is 43.7 Å². The monoisotopic (exact) mass is 311 g/mol. The van der Waals surface area contributed by atoms with Gasteiger partial charge in [0.15, 0.2) is 0 Å². The number of hydrogen-bond donors (Lipinski definition) is 1. The largest absolute Gasteiger partial charge is 0.381 e. The van der Waals surface area contributed by atoms with Crippen LogP contribution in [-0.2, 0) is 11.3 Å². The summed E-state index contributed by atoms with van der Waals surface area (Å²) in [6.07, 6.45) is 5.33. The van der Waals surface area contributed by atoms with Gasteiger partial charge in [-0.15, -0.1) is 0 Å². The molecule has 1 aromatic carbocycles. The van der Waals surface area contributed by atoms with Crippen molar-refractivity contribution >= 4 is 0 Å². The van der Waals surface area contributed by atoms with E-state index in [1.807, 2.05) is 36.5 Å². The number of nitrogens with one attached hydrogen (secondary N) is 1. The summed E-state index contributed by atoms with van der Waals surface area (Å²) < 4.78 is 7.63. The van der Waals surface area contributed by atoms with E-state index in [-0.39, 0.29) is 0 Å². The molecule has 0 atom stereocenters. The topological polar surface area (TPSA) is 50.0 Å². The van der Waals surface area contributed by atoms with Gasteiger partial charge >= 0.3 is 0 Å². The lowest BCUT2D eigenvalue weighted by Crippen LogP contribution is -2.18. The Kier molecular flexibility index (Phi) is 7.38. The Morgan fingerprint density at radius 1 is 1.13 bits per heavy atom. The van der Waals surface area contributed by atoms with E-state index in [0.29, 0.717) is 5.56 Å². The summed E-state index contributed by atoms with van der Waals surface area (Å²) in [6.45, 7) is 5.55. The van der Waals surface area contributed by atoms with Gasteiger partial charge in [0.05, 0.1) is 11.3 Å². The van der Waals surface area contributed by atoms with Gasteiger partial charge in [0.2, 0.25) is 0 Å². The van der Waals surface area contributed by atoms with Crippen molar-refractivity contribution in [3.63, 3.8) is 0 Å². The summed E-state index contributed by atoms with van der Waals surface area (Å²) in [6, 6.07) is 14.0. The van der Waals surface area contributed by atoms with Gasteiger partial charge in [-0.2, -0.15) is 5.26 Å². The highest BCUT2D eigenvalue weighted by atomic mass is 16.5. The number of aromatic nitrogens is 1. The highest BCUT2D eigenvalue weighted by Gasteiger charge is 2.07. The van der Waals surface area contributed by atoms with Crippen LogP contribution in [-0.4, -0.2) is 24.3 Å². The maximum atomic E-state index is 9.25. The van der Waals surface area contributed by atoms with Crippen molar-refractivity contribution in [1.29, 1.82) is 5.26 Å². The predicted molar refractivity (Wildman–Crippen MR) is 92.5 cm³/mol. The smallest absolute Gasteiger partial charge is 0.101 e. The van der Waals surface area contributed by atoms with Crippen LogP contribution in [0.4, 0.5) is 0 Å². The molecular weight excluding hydrogens is 286 g/mol. The highest BCUT2D eigenvalue weighted by Crippen LogP contribution is 2.16. The number of unbranched alkanes of at least 4 members (excludes halogenated alkanes) is 1. The molecule has 0 amide bonds. The molecule has 4 nitrogen and oxygen atoms in total. The number of ether oxygens (including phenoxy) is 1. The standard InChI is InChI=1S/C19H25N3O/c1-2-3-13-23-14-7-11-21-16-18-9-6-12-22(18)19-10-5-4-8-17(19)15-20/h4-6,8-10,12,21H,2-3,7,11,13-14,16H2,1H3. The van der Waals surface area contributed by atoms with Crippen molar-refractivity contribution in [3.05, 3.63) is 53.9 Å². The average Bonchev–Trinajstić information content (AvgIpc) is 3.05. The summed E-state index contributed by atoms with van der Waals surface area (Å²) in [7, 11) is 0. The average molecular weight is 311 g/mol. The minimum Gasteiger partial charge on any atom is -0.381 e. The number of para-hydroxylation sites is 1. The molecule has 0 radical (unpaired) electrons. The number of nitrogens with zero attached hydrogens (tertiary/aromatic N) is 2. The van der Waals surface area contributed by atoms with Crippen molar-refractivity contribution in [3.8, 4) is 11.8 Å². The third-order valence-corrected chi connectivity index (χ3v) is 3.71. The van der Waals surface area contributed by atoms with Crippen LogP contribution in [0.15, 0.2) is 42.6 Å². The molecular formula is C19H25N3O. The summed E-state index contributed by atoms with van der Waals surface area (Å²) in [5.41, 5.74) is 2.77. The molecule has 0 saturated carbocycles. The quantitative estimate of drug-likeness (QED) is 0.681. The normalized spacial score (nSPS) is 10.6. The maximum Gasteiger partial charge on any atom is 0.101 e. The lowest BCUT2D eigenvalue weighted by atomic mass is 10.2. The zero-order valence-corrected chi connectivity index (χ0v) is 13.8. The number of rotatable bonds is 10. The van der Waals surface area contributed by atoms with E-state index in [2.05, 4.69) is 28.9 Å². The Morgan fingerprint density at radius 3 is 2.78 bits per heavy atom. The summed E-state index contributed by atoms with van der Waals surface area (Å²) in [5.74, 6) is 0. The van der Waals surface area contributed by atoms with Crippen LogP contribution < -0.4 is 5.32 Å².